The maximum Gasteiger partial charge on any atom is 0.511 e. The molecule has 0 fully saturated rings. The van der Waals surface area contributed by atoms with Gasteiger partial charge in [0.2, 0.25) is 6.29 Å². The third-order valence-corrected chi connectivity index (χ3v) is 5.64. The van der Waals surface area contributed by atoms with Gasteiger partial charge in [-0.05, 0) is 30.4 Å². The van der Waals surface area contributed by atoms with Gasteiger partial charge in [0.15, 0.2) is 5.76 Å². The number of hydrogen-bond acceptors (Lipinski definition) is 7. The lowest BCUT2D eigenvalue weighted by Gasteiger charge is -2.22. The van der Waals surface area contributed by atoms with Crippen molar-refractivity contribution in [2.45, 2.75) is 59.8 Å². The van der Waals surface area contributed by atoms with Crippen LogP contribution in [0.4, 0.5) is 4.79 Å². The number of ether oxygens (including phenoxy) is 4. The summed E-state index contributed by atoms with van der Waals surface area (Å²) >= 11 is 6.69. The Kier molecular flexibility index (Phi) is 10.3. The van der Waals surface area contributed by atoms with Crippen molar-refractivity contribution >= 4 is 35.3 Å². The molecule has 192 valence electrons. The molecule has 0 aliphatic heterocycles. The zero-order chi connectivity index (χ0) is 26.2. The van der Waals surface area contributed by atoms with E-state index in [0.717, 1.165) is 5.56 Å². The number of aromatic nitrogens is 2. The van der Waals surface area contributed by atoms with Crippen LogP contribution >= 0.6 is 11.6 Å². The predicted molar refractivity (Wildman–Crippen MR) is 139 cm³/mol. The fourth-order valence-electron chi connectivity index (χ4n) is 3.36. The first-order valence-corrected chi connectivity index (χ1v) is 11.9. The molecule has 0 amide bonds. The van der Waals surface area contributed by atoms with Crippen LogP contribution in [0.2, 0.25) is 5.02 Å². The first-order chi connectivity index (χ1) is 16.5. The number of benzene rings is 1. The summed E-state index contributed by atoms with van der Waals surface area (Å²) < 4.78 is 23.2. The van der Waals surface area contributed by atoms with Gasteiger partial charge in [0.25, 0.3) is 0 Å². The van der Waals surface area contributed by atoms with E-state index in [1.807, 2.05) is 26.0 Å². The summed E-state index contributed by atoms with van der Waals surface area (Å²) in [4.78, 5) is 16.3. The number of nitrogens with zero attached hydrogens (tertiary/aromatic N) is 3. The van der Waals surface area contributed by atoms with Gasteiger partial charge in [0, 0.05) is 39.4 Å². The van der Waals surface area contributed by atoms with Gasteiger partial charge in [0.05, 0.1) is 17.3 Å². The molecule has 9 heteroatoms. The summed E-state index contributed by atoms with van der Waals surface area (Å²) in [6.45, 7) is 12.8. The van der Waals surface area contributed by atoms with E-state index in [1.165, 1.54) is 12.7 Å². The van der Waals surface area contributed by atoms with Crippen LogP contribution in [0.25, 0.3) is 11.3 Å². The minimum Gasteiger partial charge on any atom is -0.452 e. The number of aliphatic imine (C=N–C) groups is 1. The SMILES string of the molecule is CCn1nc(C)c(Cl)c1/C(OC(C)OC(=O)OCCOC)=C(\C=N/C)c1ccc(C(C)(C)C)cc1. The average molecular weight is 506 g/mol. The van der Waals surface area contributed by atoms with Crippen molar-refractivity contribution in [1.82, 2.24) is 9.78 Å². The molecule has 2 aromatic rings. The molecule has 0 aliphatic rings. The van der Waals surface area contributed by atoms with Gasteiger partial charge >= 0.3 is 6.16 Å². The second-order valence-corrected chi connectivity index (χ2v) is 9.29. The largest absolute Gasteiger partial charge is 0.511 e. The normalized spacial score (nSPS) is 13.5. The molecule has 0 saturated carbocycles. The van der Waals surface area contributed by atoms with E-state index in [0.29, 0.717) is 34.3 Å². The summed E-state index contributed by atoms with van der Waals surface area (Å²) in [7, 11) is 3.20. The van der Waals surface area contributed by atoms with Gasteiger partial charge < -0.3 is 18.9 Å². The highest BCUT2D eigenvalue weighted by atomic mass is 35.5. The summed E-state index contributed by atoms with van der Waals surface area (Å²) in [5, 5.41) is 4.98. The number of rotatable bonds is 10. The van der Waals surface area contributed by atoms with Crippen molar-refractivity contribution in [3.8, 4) is 0 Å². The van der Waals surface area contributed by atoms with E-state index in [1.54, 1.807) is 24.9 Å². The molecule has 35 heavy (non-hydrogen) atoms. The Morgan fingerprint density at radius 1 is 1.20 bits per heavy atom. The van der Waals surface area contributed by atoms with E-state index in [9.17, 15) is 4.79 Å². The topological polar surface area (TPSA) is 84.2 Å². The van der Waals surface area contributed by atoms with Crippen molar-refractivity contribution in [1.29, 1.82) is 0 Å². The zero-order valence-corrected chi connectivity index (χ0v) is 22.6. The molecule has 1 unspecified atom stereocenters. The summed E-state index contributed by atoms with van der Waals surface area (Å²) in [6.07, 6.45) is -0.143. The third-order valence-electron chi connectivity index (χ3n) is 5.19. The highest BCUT2D eigenvalue weighted by molar-refractivity contribution is 6.33. The Balaban J connectivity index is 2.59. The second kappa shape index (κ2) is 12.7. The fourth-order valence-corrected chi connectivity index (χ4v) is 3.58. The molecule has 0 N–H and O–H groups in total. The van der Waals surface area contributed by atoms with E-state index in [4.69, 9.17) is 30.5 Å². The Morgan fingerprint density at radius 2 is 1.86 bits per heavy atom. The molecule has 8 nitrogen and oxygen atoms in total. The molecule has 1 aromatic heterocycles. The lowest BCUT2D eigenvalue weighted by Crippen LogP contribution is -2.21. The highest BCUT2D eigenvalue weighted by Gasteiger charge is 2.25. The average Bonchev–Trinajstić information content (AvgIpc) is 3.09. The Morgan fingerprint density at radius 3 is 2.40 bits per heavy atom. The van der Waals surface area contributed by atoms with Gasteiger partial charge in [-0.25, -0.2) is 4.79 Å². The Bertz CT molecular complexity index is 1050. The fraction of sp³-hybridized carbons (Fsp3) is 0.500. The monoisotopic (exact) mass is 505 g/mol. The number of carbonyl (C=O) groups is 1. The minimum atomic E-state index is -0.981. The zero-order valence-electron chi connectivity index (χ0n) is 21.8. The first kappa shape index (κ1) is 28.4. The Labute approximate surface area is 212 Å². The highest BCUT2D eigenvalue weighted by Crippen LogP contribution is 2.35. The van der Waals surface area contributed by atoms with Gasteiger partial charge in [-0.3, -0.25) is 9.67 Å². The molecular formula is C26H36ClN3O5. The van der Waals surface area contributed by atoms with Crippen molar-refractivity contribution in [3.63, 3.8) is 0 Å². The lowest BCUT2D eigenvalue weighted by molar-refractivity contribution is -0.0700. The lowest BCUT2D eigenvalue weighted by atomic mass is 9.86. The molecule has 1 aromatic carbocycles. The van der Waals surface area contributed by atoms with Crippen LogP contribution in [0.1, 0.15) is 57.1 Å². The molecule has 1 atom stereocenters. The second-order valence-electron chi connectivity index (χ2n) is 8.92. The molecule has 0 radical (unpaired) electrons. The van der Waals surface area contributed by atoms with E-state index in [-0.39, 0.29) is 18.6 Å². The van der Waals surface area contributed by atoms with Gasteiger partial charge in [-0.1, -0.05) is 56.6 Å². The molecule has 0 aliphatic carbocycles. The van der Waals surface area contributed by atoms with E-state index >= 15 is 0 Å². The van der Waals surface area contributed by atoms with Crippen LogP contribution < -0.4 is 0 Å². The molecule has 0 saturated heterocycles. The van der Waals surface area contributed by atoms with Crippen LogP contribution in [0.3, 0.4) is 0 Å². The maximum absolute atomic E-state index is 12.1. The van der Waals surface area contributed by atoms with E-state index in [2.05, 4.69) is 43.0 Å². The third kappa shape index (κ3) is 7.57. The maximum atomic E-state index is 12.1. The minimum absolute atomic E-state index is 0.00731. The summed E-state index contributed by atoms with van der Waals surface area (Å²) in [6, 6.07) is 8.18. The van der Waals surface area contributed by atoms with Gasteiger partial charge in [-0.2, -0.15) is 5.10 Å². The summed E-state index contributed by atoms with van der Waals surface area (Å²) in [5.74, 6) is 0.392. The number of aryl methyl sites for hydroxylation is 2. The number of carbonyl (C=O) groups excluding carboxylic acids is 1. The van der Waals surface area contributed by atoms with Crippen molar-refractivity contribution in [2.75, 3.05) is 27.4 Å². The van der Waals surface area contributed by atoms with Crippen LogP contribution in [-0.2, 0) is 30.9 Å². The molecule has 2 rings (SSSR count). The number of allylic oxidation sites excluding steroid dienone is 1. The van der Waals surface area contributed by atoms with Crippen LogP contribution in [0.5, 0.6) is 0 Å². The molecule has 0 bridgehead atoms. The number of hydrogen-bond donors (Lipinski definition) is 0. The molecular weight excluding hydrogens is 470 g/mol. The Hall–Kier alpha value is -2.84. The standard InChI is InChI=1S/C26H36ClN3O5/c1-9-30-23(22(27)17(2)29-30)24(34-18(3)35-25(31)33-15-14-32-8)21(16-28-7)19-10-12-20(13-11-19)26(4,5)6/h10-13,16,18H,9,14-15H2,1-8H3/b24-21-,28-16-. The van der Waals surface area contributed by atoms with E-state index < -0.39 is 12.4 Å². The van der Waals surface area contributed by atoms with Gasteiger partial charge in [-0.15, -0.1) is 0 Å². The van der Waals surface area contributed by atoms with Crippen molar-refractivity contribution in [2.24, 2.45) is 4.99 Å². The molecule has 0 spiro atoms. The van der Waals surface area contributed by atoms with Crippen molar-refractivity contribution in [3.05, 3.63) is 51.8 Å². The molecule has 1 heterocycles. The quantitative estimate of drug-likeness (QED) is 0.131. The number of methoxy groups -OCH3 is 1. The predicted octanol–water partition coefficient (Wildman–Crippen LogP) is 5.89. The van der Waals surface area contributed by atoms with Gasteiger partial charge in [0.1, 0.15) is 12.3 Å². The van der Waals surface area contributed by atoms with Crippen LogP contribution in [0.15, 0.2) is 29.3 Å². The van der Waals surface area contributed by atoms with Crippen LogP contribution in [-0.4, -0.2) is 55.8 Å². The first-order valence-electron chi connectivity index (χ1n) is 11.5. The van der Waals surface area contributed by atoms with Crippen LogP contribution in [0, 0.1) is 6.92 Å². The smallest absolute Gasteiger partial charge is 0.452 e. The number of halogens is 1. The van der Waals surface area contributed by atoms with Crippen molar-refractivity contribution < 1.29 is 23.7 Å². The summed E-state index contributed by atoms with van der Waals surface area (Å²) in [5.41, 5.74) is 3.98.